The molecular weight excluding hydrogens is 402 g/mol. The van der Waals surface area contributed by atoms with E-state index in [1.54, 1.807) is 36.5 Å². The van der Waals surface area contributed by atoms with Crippen LogP contribution in [-0.2, 0) is 14.8 Å². The molecule has 1 heterocycles. The van der Waals surface area contributed by atoms with E-state index in [2.05, 4.69) is 10.3 Å². The number of fused-ring (bicyclic) bond motifs is 1. The molecule has 0 aliphatic rings. The van der Waals surface area contributed by atoms with Gasteiger partial charge in [-0.15, -0.1) is 0 Å². The zero-order valence-electron chi connectivity index (χ0n) is 17.3. The number of hydrogen-bond donors (Lipinski definition) is 1. The van der Waals surface area contributed by atoms with Crippen molar-refractivity contribution in [3.8, 4) is 5.75 Å². The average Bonchev–Trinajstić information content (AvgIpc) is 2.73. The van der Waals surface area contributed by atoms with E-state index in [4.69, 9.17) is 4.74 Å². The van der Waals surface area contributed by atoms with Crippen LogP contribution in [0, 0.1) is 6.92 Å². The molecule has 0 atom stereocenters. The van der Waals surface area contributed by atoms with Crippen molar-refractivity contribution in [1.82, 2.24) is 9.29 Å². The summed E-state index contributed by atoms with van der Waals surface area (Å²) < 4.78 is 33.3. The highest BCUT2D eigenvalue weighted by Gasteiger charge is 2.28. The summed E-state index contributed by atoms with van der Waals surface area (Å²) in [7, 11) is -2.42. The highest BCUT2D eigenvalue weighted by atomic mass is 32.2. The molecular formula is C22H25N3O4S. The van der Waals surface area contributed by atoms with Gasteiger partial charge in [0.15, 0.2) is 0 Å². The van der Waals surface area contributed by atoms with Gasteiger partial charge in [0.2, 0.25) is 15.9 Å². The van der Waals surface area contributed by atoms with Crippen molar-refractivity contribution in [3.63, 3.8) is 0 Å². The van der Waals surface area contributed by atoms with Crippen LogP contribution in [-0.4, -0.2) is 43.8 Å². The Morgan fingerprint density at radius 1 is 1.17 bits per heavy atom. The molecule has 0 saturated carbocycles. The first kappa shape index (κ1) is 21.7. The van der Waals surface area contributed by atoms with E-state index in [1.807, 2.05) is 26.0 Å². The summed E-state index contributed by atoms with van der Waals surface area (Å²) in [5.41, 5.74) is 1.83. The minimum atomic E-state index is -3.93. The largest absolute Gasteiger partial charge is 0.495 e. The Labute approximate surface area is 176 Å². The number of ether oxygens (including phenoxy) is 1. The number of benzene rings is 2. The molecule has 1 N–H and O–H groups in total. The van der Waals surface area contributed by atoms with E-state index in [0.29, 0.717) is 23.4 Å². The number of para-hydroxylation sites is 3. The van der Waals surface area contributed by atoms with Crippen LogP contribution in [0.4, 0.5) is 5.69 Å². The van der Waals surface area contributed by atoms with E-state index in [9.17, 15) is 13.2 Å². The number of nitrogens with zero attached hydrogens (tertiary/aromatic N) is 2. The Bertz CT molecular complexity index is 1160. The maximum absolute atomic E-state index is 13.4. The zero-order chi connectivity index (χ0) is 21.7. The number of aromatic nitrogens is 1. The van der Waals surface area contributed by atoms with Gasteiger partial charge >= 0.3 is 0 Å². The van der Waals surface area contributed by atoms with E-state index in [1.165, 1.54) is 17.5 Å². The van der Waals surface area contributed by atoms with Crippen molar-refractivity contribution in [2.24, 2.45) is 0 Å². The van der Waals surface area contributed by atoms with Crippen molar-refractivity contribution in [1.29, 1.82) is 0 Å². The molecule has 158 valence electrons. The lowest BCUT2D eigenvalue weighted by atomic mass is 10.2. The first-order valence-electron chi connectivity index (χ1n) is 9.65. The number of sulfonamides is 1. The molecule has 0 fully saturated rings. The summed E-state index contributed by atoms with van der Waals surface area (Å²) in [5, 5.41) is 3.47. The van der Waals surface area contributed by atoms with Crippen LogP contribution < -0.4 is 10.1 Å². The third kappa shape index (κ3) is 4.60. The van der Waals surface area contributed by atoms with Crippen LogP contribution in [0.2, 0.25) is 0 Å². The summed E-state index contributed by atoms with van der Waals surface area (Å²) in [6.07, 6.45) is 2.21. The van der Waals surface area contributed by atoms with Crippen molar-refractivity contribution in [2.75, 3.05) is 25.5 Å². The molecule has 0 saturated heterocycles. The van der Waals surface area contributed by atoms with Crippen LogP contribution >= 0.6 is 0 Å². The van der Waals surface area contributed by atoms with Gasteiger partial charge in [-0.2, -0.15) is 4.31 Å². The predicted octanol–water partition coefficient (Wildman–Crippen LogP) is 3.59. The molecule has 7 nitrogen and oxygen atoms in total. The fourth-order valence-corrected chi connectivity index (χ4v) is 4.88. The fraction of sp³-hybridized carbons (Fsp3) is 0.273. The number of nitrogens with one attached hydrogen (secondary N) is 1. The summed E-state index contributed by atoms with van der Waals surface area (Å²) >= 11 is 0. The van der Waals surface area contributed by atoms with Crippen LogP contribution in [0.25, 0.3) is 10.9 Å². The van der Waals surface area contributed by atoms with E-state index in [-0.39, 0.29) is 18.0 Å². The molecule has 3 aromatic rings. The smallest absolute Gasteiger partial charge is 0.245 e. The minimum absolute atomic E-state index is 0.0959. The van der Waals surface area contributed by atoms with Crippen molar-refractivity contribution < 1.29 is 17.9 Å². The number of carbonyl (C=O) groups is 1. The Morgan fingerprint density at radius 3 is 2.67 bits per heavy atom. The standard InChI is InChI=1S/C22H25N3O4S/c1-4-12-25(15-21(26)24-18-9-5-6-10-19(18)29-3)30(27,28)20-11-7-8-17-13-16(2)14-23-22(17)20/h5-11,13-14H,4,12,15H2,1-3H3,(H,24,26). The third-order valence-electron chi connectivity index (χ3n) is 4.60. The topological polar surface area (TPSA) is 88.6 Å². The molecule has 1 amide bonds. The number of amides is 1. The normalized spacial score (nSPS) is 11.6. The maximum Gasteiger partial charge on any atom is 0.245 e. The van der Waals surface area contributed by atoms with Gasteiger partial charge in [-0.1, -0.05) is 31.2 Å². The molecule has 3 rings (SSSR count). The summed E-state index contributed by atoms with van der Waals surface area (Å²) in [5.74, 6) is 0.0601. The molecule has 0 spiro atoms. The molecule has 0 bridgehead atoms. The SMILES string of the molecule is CCCN(CC(=O)Nc1ccccc1OC)S(=O)(=O)c1cccc2cc(C)cnc12. The van der Waals surface area contributed by atoms with Crippen LogP contribution in [0.5, 0.6) is 5.75 Å². The van der Waals surface area contributed by atoms with Gasteiger partial charge in [-0.3, -0.25) is 9.78 Å². The van der Waals surface area contributed by atoms with Gasteiger partial charge in [0.1, 0.15) is 10.6 Å². The quantitative estimate of drug-likeness (QED) is 0.593. The first-order valence-corrected chi connectivity index (χ1v) is 11.1. The summed E-state index contributed by atoms with van der Waals surface area (Å²) in [6, 6.07) is 13.9. The molecule has 0 unspecified atom stereocenters. The number of carbonyl (C=O) groups excluding carboxylic acids is 1. The van der Waals surface area contributed by atoms with Gasteiger partial charge in [-0.05, 0) is 43.2 Å². The average molecular weight is 428 g/mol. The Morgan fingerprint density at radius 2 is 1.93 bits per heavy atom. The molecule has 2 aromatic carbocycles. The van der Waals surface area contributed by atoms with Gasteiger partial charge < -0.3 is 10.1 Å². The summed E-state index contributed by atoms with van der Waals surface area (Å²) in [6.45, 7) is 3.67. The van der Waals surface area contributed by atoms with E-state index >= 15 is 0 Å². The fourth-order valence-electron chi connectivity index (χ4n) is 3.22. The van der Waals surface area contributed by atoms with Crippen LogP contribution in [0.3, 0.4) is 0 Å². The molecule has 0 radical (unpaired) electrons. The predicted molar refractivity (Wildman–Crippen MR) is 117 cm³/mol. The van der Waals surface area contributed by atoms with Crippen LogP contribution in [0.15, 0.2) is 59.6 Å². The second-order valence-corrected chi connectivity index (χ2v) is 8.83. The second-order valence-electron chi connectivity index (χ2n) is 6.93. The summed E-state index contributed by atoms with van der Waals surface area (Å²) in [4.78, 5) is 17.1. The lowest BCUT2D eigenvalue weighted by Crippen LogP contribution is -2.38. The lowest BCUT2D eigenvalue weighted by molar-refractivity contribution is -0.116. The van der Waals surface area contributed by atoms with Gasteiger partial charge in [0, 0.05) is 18.1 Å². The monoisotopic (exact) mass is 427 g/mol. The highest BCUT2D eigenvalue weighted by Crippen LogP contribution is 2.26. The van der Waals surface area contributed by atoms with Gasteiger partial charge in [0.25, 0.3) is 0 Å². The van der Waals surface area contributed by atoms with Crippen molar-refractivity contribution >= 4 is 32.5 Å². The van der Waals surface area contributed by atoms with E-state index in [0.717, 1.165) is 10.9 Å². The molecule has 1 aromatic heterocycles. The zero-order valence-corrected chi connectivity index (χ0v) is 18.1. The number of hydrogen-bond acceptors (Lipinski definition) is 5. The Balaban J connectivity index is 1.91. The van der Waals surface area contributed by atoms with E-state index < -0.39 is 15.9 Å². The highest BCUT2D eigenvalue weighted by molar-refractivity contribution is 7.89. The number of rotatable bonds is 8. The van der Waals surface area contributed by atoms with Crippen LogP contribution in [0.1, 0.15) is 18.9 Å². The third-order valence-corrected chi connectivity index (χ3v) is 6.48. The number of aryl methyl sites for hydroxylation is 1. The first-order chi connectivity index (χ1) is 14.4. The van der Waals surface area contributed by atoms with Gasteiger partial charge in [-0.25, -0.2) is 8.42 Å². The van der Waals surface area contributed by atoms with Gasteiger partial charge in [0.05, 0.1) is 24.9 Å². The molecule has 30 heavy (non-hydrogen) atoms. The maximum atomic E-state index is 13.4. The number of methoxy groups -OCH3 is 1. The second kappa shape index (κ2) is 9.23. The lowest BCUT2D eigenvalue weighted by Gasteiger charge is -2.22. The molecule has 8 heteroatoms. The van der Waals surface area contributed by atoms with Crippen molar-refractivity contribution in [2.45, 2.75) is 25.2 Å². The Hall–Kier alpha value is -2.97. The minimum Gasteiger partial charge on any atom is -0.495 e. The molecule has 0 aliphatic carbocycles. The number of pyridine rings is 1. The Kier molecular flexibility index (Phi) is 6.69. The van der Waals surface area contributed by atoms with Crippen molar-refractivity contribution in [3.05, 3.63) is 60.3 Å². The number of anilines is 1. The molecule has 0 aliphatic heterocycles.